The van der Waals surface area contributed by atoms with Gasteiger partial charge in [0.25, 0.3) is 0 Å². The molecule has 3 nitrogen and oxygen atoms in total. The van der Waals surface area contributed by atoms with E-state index in [0.29, 0.717) is 5.92 Å². The highest BCUT2D eigenvalue weighted by Gasteiger charge is 2.22. The van der Waals surface area contributed by atoms with Crippen LogP contribution in [0.2, 0.25) is 0 Å². The highest BCUT2D eigenvalue weighted by Crippen LogP contribution is 2.22. The summed E-state index contributed by atoms with van der Waals surface area (Å²) in [6.45, 7) is 14.7. The number of thiazole rings is 1. The van der Waals surface area contributed by atoms with E-state index in [9.17, 15) is 0 Å². The average Bonchev–Trinajstić information content (AvgIpc) is 2.74. The Kier molecular flexibility index (Phi) is 6.00. The van der Waals surface area contributed by atoms with Crippen LogP contribution in [0.5, 0.6) is 0 Å². The number of piperidine rings is 1. The second-order valence-corrected chi connectivity index (χ2v) is 7.84. The third-order valence-electron chi connectivity index (χ3n) is 3.76. The zero-order valence-corrected chi connectivity index (χ0v) is 14.2. The number of hydrogen-bond acceptors (Lipinski definition) is 4. The highest BCUT2D eigenvalue weighted by molar-refractivity contribution is 7.09. The molecule has 2 heterocycles. The Bertz CT molecular complexity index is 392. The molecule has 0 amide bonds. The smallest absolute Gasteiger partial charge is 0.107 e. The first-order chi connectivity index (χ1) is 9.52. The van der Waals surface area contributed by atoms with Gasteiger partial charge in [0.15, 0.2) is 0 Å². The lowest BCUT2D eigenvalue weighted by Gasteiger charge is -2.34. The van der Waals surface area contributed by atoms with Gasteiger partial charge in [-0.05, 0) is 30.7 Å². The van der Waals surface area contributed by atoms with Crippen molar-refractivity contribution in [1.29, 1.82) is 0 Å². The van der Waals surface area contributed by atoms with E-state index in [1.54, 1.807) is 11.3 Å². The van der Waals surface area contributed by atoms with Gasteiger partial charge in [-0.25, -0.2) is 4.98 Å². The Labute approximate surface area is 127 Å². The van der Waals surface area contributed by atoms with E-state index < -0.39 is 0 Å². The Balaban J connectivity index is 1.80. The molecular weight excluding hydrogens is 266 g/mol. The zero-order valence-electron chi connectivity index (χ0n) is 13.4. The van der Waals surface area contributed by atoms with Gasteiger partial charge in [0.05, 0.1) is 5.69 Å². The van der Waals surface area contributed by atoms with E-state index in [0.717, 1.165) is 31.5 Å². The van der Waals surface area contributed by atoms with Gasteiger partial charge in [0, 0.05) is 31.6 Å². The molecule has 1 N–H and O–H groups in total. The first-order valence-electron chi connectivity index (χ1n) is 7.89. The van der Waals surface area contributed by atoms with Crippen LogP contribution in [0.1, 0.15) is 44.8 Å². The maximum atomic E-state index is 4.77. The van der Waals surface area contributed by atoms with Crippen LogP contribution in [0, 0.1) is 17.8 Å². The van der Waals surface area contributed by atoms with Crippen molar-refractivity contribution >= 4 is 11.3 Å². The van der Waals surface area contributed by atoms with Gasteiger partial charge >= 0.3 is 0 Å². The fraction of sp³-hybridized carbons (Fsp3) is 0.812. The number of hydrogen-bond donors (Lipinski definition) is 1. The summed E-state index contributed by atoms with van der Waals surface area (Å²) in [6.07, 6.45) is 1.37. The van der Waals surface area contributed by atoms with Gasteiger partial charge < -0.3 is 5.32 Å². The van der Waals surface area contributed by atoms with E-state index in [1.807, 2.05) is 0 Å². The number of likely N-dealkylation sites (tertiary alicyclic amines) is 1. The lowest BCUT2D eigenvalue weighted by Crippen LogP contribution is -2.38. The van der Waals surface area contributed by atoms with E-state index in [4.69, 9.17) is 4.98 Å². The number of rotatable bonds is 6. The molecule has 1 aliphatic rings. The molecule has 1 saturated heterocycles. The Morgan fingerprint density at radius 1 is 1.35 bits per heavy atom. The molecule has 4 heteroatoms. The normalized spacial score (nSPS) is 24.4. The predicted molar refractivity (Wildman–Crippen MR) is 86.9 cm³/mol. The molecule has 1 aromatic heterocycles. The monoisotopic (exact) mass is 295 g/mol. The molecule has 1 aromatic rings. The molecule has 1 fully saturated rings. The third kappa shape index (κ3) is 5.15. The fourth-order valence-corrected chi connectivity index (χ4v) is 3.88. The minimum atomic E-state index is 0.700. The van der Waals surface area contributed by atoms with Crippen LogP contribution >= 0.6 is 11.3 Å². The minimum absolute atomic E-state index is 0.700. The van der Waals surface area contributed by atoms with Crippen molar-refractivity contribution in [2.75, 3.05) is 19.6 Å². The summed E-state index contributed by atoms with van der Waals surface area (Å²) in [5.74, 6) is 2.35. The minimum Gasteiger partial charge on any atom is -0.310 e. The van der Waals surface area contributed by atoms with Crippen LogP contribution in [0.3, 0.4) is 0 Å². The van der Waals surface area contributed by atoms with Crippen molar-refractivity contribution in [3.05, 3.63) is 16.1 Å². The van der Waals surface area contributed by atoms with Gasteiger partial charge in [0.1, 0.15) is 5.01 Å². The second kappa shape index (κ2) is 7.53. The van der Waals surface area contributed by atoms with Crippen LogP contribution in [0.4, 0.5) is 0 Å². The number of nitrogens with one attached hydrogen (secondary N) is 1. The molecule has 0 aromatic carbocycles. The Hall–Kier alpha value is -0.450. The SMILES string of the molecule is CC(C)CNCc1nc(CN2CC(C)CC(C)C2)cs1. The maximum Gasteiger partial charge on any atom is 0.107 e. The molecule has 1 aliphatic heterocycles. The number of nitrogens with zero attached hydrogens (tertiary/aromatic N) is 2. The summed E-state index contributed by atoms with van der Waals surface area (Å²) in [4.78, 5) is 7.33. The first-order valence-corrected chi connectivity index (χ1v) is 8.77. The molecule has 0 aliphatic carbocycles. The van der Waals surface area contributed by atoms with Gasteiger partial charge in [0.2, 0.25) is 0 Å². The quantitative estimate of drug-likeness (QED) is 0.872. The van der Waals surface area contributed by atoms with Crippen LogP contribution in [0.25, 0.3) is 0 Å². The van der Waals surface area contributed by atoms with Crippen molar-refractivity contribution in [1.82, 2.24) is 15.2 Å². The summed E-state index contributed by atoms with van der Waals surface area (Å²) in [5.41, 5.74) is 1.25. The molecule has 0 bridgehead atoms. The summed E-state index contributed by atoms with van der Waals surface area (Å²) < 4.78 is 0. The molecule has 2 unspecified atom stereocenters. The topological polar surface area (TPSA) is 28.2 Å². The fourth-order valence-electron chi connectivity index (χ4n) is 3.12. The maximum absolute atomic E-state index is 4.77. The van der Waals surface area contributed by atoms with Crippen LogP contribution in [-0.4, -0.2) is 29.5 Å². The van der Waals surface area contributed by atoms with E-state index >= 15 is 0 Å². The summed E-state index contributed by atoms with van der Waals surface area (Å²) >= 11 is 1.79. The molecule has 2 atom stereocenters. The molecule has 0 radical (unpaired) electrons. The van der Waals surface area contributed by atoms with E-state index in [1.165, 1.54) is 30.2 Å². The summed E-state index contributed by atoms with van der Waals surface area (Å²) in [7, 11) is 0. The van der Waals surface area contributed by atoms with Gasteiger partial charge in [-0.3, -0.25) is 4.90 Å². The number of aromatic nitrogens is 1. The van der Waals surface area contributed by atoms with Crippen LogP contribution in [-0.2, 0) is 13.1 Å². The Morgan fingerprint density at radius 2 is 2.05 bits per heavy atom. The van der Waals surface area contributed by atoms with Crippen molar-refractivity contribution in [2.45, 2.75) is 47.2 Å². The zero-order chi connectivity index (χ0) is 14.5. The van der Waals surface area contributed by atoms with Crippen LogP contribution < -0.4 is 5.32 Å². The average molecular weight is 295 g/mol. The molecule has 20 heavy (non-hydrogen) atoms. The summed E-state index contributed by atoms with van der Waals surface area (Å²) in [5, 5.41) is 6.92. The molecular formula is C16H29N3S. The highest BCUT2D eigenvalue weighted by atomic mass is 32.1. The Morgan fingerprint density at radius 3 is 2.70 bits per heavy atom. The lowest BCUT2D eigenvalue weighted by molar-refractivity contribution is 0.133. The van der Waals surface area contributed by atoms with Crippen molar-refractivity contribution in [3.63, 3.8) is 0 Å². The second-order valence-electron chi connectivity index (χ2n) is 6.90. The van der Waals surface area contributed by atoms with Crippen LogP contribution in [0.15, 0.2) is 5.38 Å². The van der Waals surface area contributed by atoms with E-state index in [2.05, 4.69) is 43.3 Å². The van der Waals surface area contributed by atoms with Gasteiger partial charge in [-0.1, -0.05) is 27.7 Å². The molecule has 0 saturated carbocycles. The molecule has 2 rings (SSSR count). The molecule has 114 valence electrons. The predicted octanol–water partition coefficient (Wildman–Crippen LogP) is 3.37. The standard InChI is InChI=1S/C16H29N3S/c1-12(2)6-17-7-16-18-15(11-20-16)10-19-8-13(3)5-14(4)9-19/h11-14,17H,5-10H2,1-4H3. The molecule has 0 spiro atoms. The third-order valence-corrected chi connectivity index (χ3v) is 4.66. The largest absolute Gasteiger partial charge is 0.310 e. The first kappa shape index (κ1) is 15.9. The lowest BCUT2D eigenvalue weighted by atomic mass is 9.92. The van der Waals surface area contributed by atoms with Gasteiger partial charge in [-0.2, -0.15) is 0 Å². The summed E-state index contributed by atoms with van der Waals surface area (Å²) in [6, 6.07) is 0. The van der Waals surface area contributed by atoms with Crippen molar-refractivity contribution in [2.24, 2.45) is 17.8 Å². The van der Waals surface area contributed by atoms with E-state index in [-0.39, 0.29) is 0 Å². The van der Waals surface area contributed by atoms with Crippen molar-refractivity contribution < 1.29 is 0 Å². The van der Waals surface area contributed by atoms with Crippen molar-refractivity contribution in [3.8, 4) is 0 Å². The van der Waals surface area contributed by atoms with Gasteiger partial charge in [-0.15, -0.1) is 11.3 Å².